The highest BCUT2D eigenvalue weighted by molar-refractivity contribution is 7.89. The Balaban J connectivity index is 1.57. The fraction of sp³-hybridized carbons (Fsp3) is 0.588. The fourth-order valence-corrected chi connectivity index (χ4v) is 5.39. The van der Waals surface area contributed by atoms with Gasteiger partial charge >= 0.3 is 6.36 Å². The van der Waals surface area contributed by atoms with E-state index < -0.39 is 33.6 Å². The smallest absolute Gasteiger partial charge is 0.405 e. The van der Waals surface area contributed by atoms with Crippen molar-refractivity contribution >= 4 is 15.9 Å². The van der Waals surface area contributed by atoms with Crippen LogP contribution in [0, 0.1) is 0 Å². The number of nitrogens with one attached hydrogen (secondary N) is 2. The summed E-state index contributed by atoms with van der Waals surface area (Å²) in [6.07, 6.45) is -3.03. The minimum atomic E-state index is -4.83. The summed E-state index contributed by atoms with van der Waals surface area (Å²) in [7, 11) is -3.45. The Kier molecular flexibility index (Phi) is 6.15. The molecule has 156 valence electrons. The number of hydrogen-bond acceptors (Lipinski definition) is 5. The molecule has 1 aromatic rings. The van der Waals surface area contributed by atoms with Crippen LogP contribution in [0.25, 0.3) is 0 Å². The van der Waals surface area contributed by atoms with Crippen LogP contribution in [0.1, 0.15) is 24.8 Å². The molecule has 0 radical (unpaired) electrons. The Labute approximate surface area is 161 Å². The van der Waals surface area contributed by atoms with E-state index in [0.717, 1.165) is 12.8 Å². The molecular weight excluding hydrogens is 399 g/mol. The van der Waals surface area contributed by atoms with Crippen molar-refractivity contribution in [3.8, 4) is 5.75 Å². The summed E-state index contributed by atoms with van der Waals surface area (Å²) in [5.41, 5.74) is 0.174. The van der Waals surface area contributed by atoms with Gasteiger partial charge in [-0.3, -0.25) is 4.79 Å². The molecule has 0 aliphatic carbocycles. The number of halogens is 3. The number of alkyl halides is 3. The first kappa shape index (κ1) is 20.9. The average molecular weight is 421 g/mol. The quantitative estimate of drug-likeness (QED) is 0.724. The second-order valence-corrected chi connectivity index (χ2v) is 9.06. The zero-order chi connectivity index (χ0) is 20.4. The van der Waals surface area contributed by atoms with E-state index in [1.165, 1.54) is 28.6 Å². The number of carbonyl (C=O) groups is 1. The molecule has 0 bridgehead atoms. The Morgan fingerprint density at radius 3 is 2.61 bits per heavy atom. The second-order valence-electron chi connectivity index (χ2n) is 6.84. The molecule has 2 heterocycles. The lowest BCUT2D eigenvalue weighted by Gasteiger charge is -2.20. The van der Waals surface area contributed by atoms with Gasteiger partial charge in [0.05, 0.1) is 11.3 Å². The number of nitrogens with zero attached hydrogens (tertiary/aromatic N) is 1. The monoisotopic (exact) mass is 421 g/mol. The maximum atomic E-state index is 12.6. The van der Waals surface area contributed by atoms with Gasteiger partial charge in [-0.15, -0.1) is 13.2 Å². The van der Waals surface area contributed by atoms with Gasteiger partial charge in [0, 0.05) is 31.7 Å². The Morgan fingerprint density at radius 1 is 1.25 bits per heavy atom. The third-order valence-electron chi connectivity index (χ3n) is 4.90. The topological polar surface area (TPSA) is 87.7 Å². The van der Waals surface area contributed by atoms with Crippen molar-refractivity contribution in [1.82, 2.24) is 14.9 Å². The first-order valence-corrected chi connectivity index (χ1v) is 10.5. The van der Waals surface area contributed by atoms with Gasteiger partial charge in [-0.05, 0) is 25.3 Å². The molecule has 1 amide bonds. The van der Waals surface area contributed by atoms with E-state index >= 15 is 0 Å². The summed E-state index contributed by atoms with van der Waals surface area (Å²) in [6.45, 7) is 1.02. The zero-order valence-electron chi connectivity index (χ0n) is 15.0. The van der Waals surface area contributed by atoms with Crippen LogP contribution in [0.4, 0.5) is 13.2 Å². The molecule has 0 saturated carbocycles. The highest BCUT2D eigenvalue weighted by atomic mass is 32.2. The van der Waals surface area contributed by atoms with Gasteiger partial charge in [0.1, 0.15) is 5.75 Å². The molecule has 0 spiro atoms. The molecule has 1 aromatic carbocycles. The van der Waals surface area contributed by atoms with Crippen LogP contribution in [-0.2, 0) is 21.4 Å². The van der Waals surface area contributed by atoms with Crippen molar-refractivity contribution in [1.29, 1.82) is 0 Å². The third-order valence-corrected chi connectivity index (χ3v) is 7.19. The van der Waals surface area contributed by atoms with Crippen molar-refractivity contribution in [2.24, 2.45) is 0 Å². The van der Waals surface area contributed by atoms with E-state index in [9.17, 15) is 26.4 Å². The predicted octanol–water partition coefficient (Wildman–Crippen LogP) is 1.36. The maximum absolute atomic E-state index is 12.6. The van der Waals surface area contributed by atoms with Crippen LogP contribution in [0.15, 0.2) is 24.3 Å². The number of ether oxygens (including phenoxy) is 1. The van der Waals surface area contributed by atoms with Crippen LogP contribution < -0.4 is 15.4 Å². The van der Waals surface area contributed by atoms with E-state index in [0.29, 0.717) is 13.1 Å². The van der Waals surface area contributed by atoms with Crippen LogP contribution in [-0.4, -0.2) is 55.9 Å². The second kappa shape index (κ2) is 8.26. The number of hydrogen-bond donors (Lipinski definition) is 2. The van der Waals surface area contributed by atoms with Gasteiger partial charge in [0.2, 0.25) is 15.9 Å². The molecule has 2 N–H and O–H groups in total. The van der Waals surface area contributed by atoms with Crippen LogP contribution >= 0.6 is 0 Å². The van der Waals surface area contributed by atoms with Gasteiger partial charge in [0.25, 0.3) is 0 Å². The SMILES string of the molecule is O=C(NCc1ccccc1OC(F)(F)F)C1CC(S(=O)(=O)N2CCCC2)CN1. The third kappa shape index (κ3) is 4.95. The molecule has 7 nitrogen and oxygen atoms in total. The van der Waals surface area contributed by atoms with Crippen molar-refractivity contribution in [2.45, 2.75) is 43.5 Å². The van der Waals surface area contributed by atoms with Gasteiger partial charge < -0.3 is 15.4 Å². The van der Waals surface area contributed by atoms with Crippen LogP contribution in [0.5, 0.6) is 5.75 Å². The van der Waals surface area contributed by atoms with Crippen molar-refractivity contribution < 1.29 is 31.1 Å². The summed E-state index contributed by atoms with van der Waals surface area (Å²) in [6, 6.07) is 4.82. The summed E-state index contributed by atoms with van der Waals surface area (Å²) < 4.78 is 68.0. The van der Waals surface area contributed by atoms with Crippen molar-refractivity contribution in [3.05, 3.63) is 29.8 Å². The number of para-hydroxylation sites is 1. The van der Waals surface area contributed by atoms with Gasteiger partial charge in [-0.2, -0.15) is 0 Å². The number of sulfonamides is 1. The Morgan fingerprint density at radius 2 is 1.93 bits per heavy atom. The molecule has 11 heteroatoms. The predicted molar refractivity (Wildman–Crippen MR) is 94.9 cm³/mol. The molecule has 2 aliphatic rings. The van der Waals surface area contributed by atoms with Gasteiger partial charge in [-0.1, -0.05) is 18.2 Å². The molecule has 2 aliphatic heterocycles. The number of carbonyl (C=O) groups excluding carboxylic acids is 1. The fourth-order valence-electron chi connectivity index (χ4n) is 3.46. The number of benzene rings is 1. The van der Waals surface area contributed by atoms with Gasteiger partial charge in [-0.25, -0.2) is 12.7 Å². The zero-order valence-corrected chi connectivity index (χ0v) is 15.9. The number of amides is 1. The summed E-state index contributed by atoms with van der Waals surface area (Å²) in [4.78, 5) is 12.4. The standard InChI is InChI=1S/C17H22F3N3O4S/c18-17(19,20)27-15-6-2-1-5-12(15)10-22-16(24)14-9-13(11-21-14)28(25,26)23-7-3-4-8-23/h1-2,5-6,13-14,21H,3-4,7-11H2,(H,22,24). The first-order chi connectivity index (χ1) is 13.2. The van der Waals surface area contributed by atoms with E-state index in [1.807, 2.05) is 0 Å². The Bertz CT molecular complexity index is 810. The molecular formula is C17H22F3N3O4S. The van der Waals surface area contributed by atoms with Gasteiger partial charge in [0.15, 0.2) is 0 Å². The molecule has 2 saturated heterocycles. The van der Waals surface area contributed by atoms with E-state index in [4.69, 9.17) is 0 Å². The molecule has 2 unspecified atom stereocenters. The lowest BCUT2D eigenvalue weighted by Crippen LogP contribution is -2.40. The average Bonchev–Trinajstić information content (AvgIpc) is 3.31. The summed E-state index contributed by atoms with van der Waals surface area (Å²) >= 11 is 0. The van der Waals surface area contributed by atoms with E-state index in [1.54, 1.807) is 0 Å². The largest absolute Gasteiger partial charge is 0.573 e. The summed E-state index contributed by atoms with van der Waals surface area (Å²) in [5.74, 6) is -0.842. The lowest BCUT2D eigenvalue weighted by molar-refractivity contribution is -0.274. The minimum Gasteiger partial charge on any atom is -0.405 e. The molecule has 2 fully saturated rings. The highest BCUT2D eigenvalue weighted by Crippen LogP contribution is 2.26. The normalized spacial score (nSPS) is 23.7. The maximum Gasteiger partial charge on any atom is 0.573 e. The highest BCUT2D eigenvalue weighted by Gasteiger charge is 2.41. The molecule has 28 heavy (non-hydrogen) atoms. The Hall–Kier alpha value is -1.85. The molecule has 3 rings (SSSR count). The minimum absolute atomic E-state index is 0.130. The van der Waals surface area contributed by atoms with Crippen molar-refractivity contribution in [2.75, 3.05) is 19.6 Å². The molecule has 2 atom stereocenters. The van der Waals surface area contributed by atoms with Crippen LogP contribution in [0.3, 0.4) is 0 Å². The lowest BCUT2D eigenvalue weighted by atomic mass is 10.1. The van der Waals surface area contributed by atoms with E-state index in [2.05, 4.69) is 15.4 Å². The van der Waals surface area contributed by atoms with Crippen molar-refractivity contribution in [3.63, 3.8) is 0 Å². The number of rotatable bonds is 6. The van der Waals surface area contributed by atoms with E-state index in [-0.39, 0.29) is 30.8 Å². The molecule has 0 aromatic heterocycles. The first-order valence-electron chi connectivity index (χ1n) is 9.00. The van der Waals surface area contributed by atoms with Crippen LogP contribution in [0.2, 0.25) is 0 Å². The summed E-state index contributed by atoms with van der Waals surface area (Å²) in [5, 5.41) is 4.77.